The Balaban J connectivity index is 2.69. The van der Waals surface area contributed by atoms with Crippen LogP contribution in [-0.2, 0) is 10.8 Å². The highest BCUT2D eigenvalue weighted by Crippen LogP contribution is 2.36. The molecule has 5 heteroatoms. The van der Waals surface area contributed by atoms with Crippen LogP contribution >= 0.6 is 0 Å². The van der Waals surface area contributed by atoms with Crippen molar-refractivity contribution in [2.75, 3.05) is 0 Å². The summed E-state index contributed by atoms with van der Waals surface area (Å²) in [5.74, 6) is 0. The number of hydrogen-bond donors (Lipinski definition) is 0. The molecule has 1 aromatic carbocycles. The van der Waals surface area contributed by atoms with Crippen LogP contribution in [0.1, 0.15) is 26.3 Å². The molecule has 110 valence electrons. The van der Waals surface area contributed by atoms with Crippen molar-refractivity contribution < 1.29 is 9.35 Å². The Bertz CT molecular complexity index is 504. The monoisotopic (exact) mass is 293 g/mol. The van der Waals surface area contributed by atoms with E-state index in [1.165, 1.54) is 6.07 Å². The largest absolute Gasteiger partial charge is 0.549 e. The van der Waals surface area contributed by atoms with Gasteiger partial charge < -0.3 is 4.43 Å². The minimum Gasteiger partial charge on any atom is -0.549 e. The van der Waals surface area contributed by atoms with Gasteiger partial charge >= 0.3 is 0 Å². The van der Waals surface area contributed by atoms with Gasteiger partial charge in [-0.3, -0.25) is 10.1 Å². The molecule has 4 nitrogen and oxygen atoms in total. The first-order valence-electron chi connectivity index (χ1n) is 6.70. The number of nitro groups is 1. The van der Waals surface area contributed by atoms with Crippen LogP contribution in [-0.4, -0.2) is 13.2 Å². The maximum absolute atomic E-state index is 10.9. The summed E-state index contributed by atoms with van der Waals surface area (Å²) in [6, 6.07) is 6.79. The standard InChI is InChI=1S/C15H23NO3Si/c1-15(2,3)20(4,5)19-12-8-10-13-9-6-7-11-14(13)16(17)18/h6-9,11-12H,10H2,1-5H3. The summed E-state index contributed by atoms with van der Waals surface area (Å²) in [6.45, 7) is 10.9. The van der Waals surface area contributed by atoms with Gasteiger partial charge in [0.2, 0.25) is 8.32 Å². The second-order valence-electron chi connectivity index (χ2n) is 6.34. The summed E-state index contributed by atoms with van der Waals surface area (Å²) in [4.78, 5) is 10.6. The first-order valence-corrected chi connectivity index (χ1v) is 9.61. The third-order valence-corrected chi connectivity index (χ3v) is 8.13. The predicted octanol–water partition coefficient (Wildman–Crippen LogP) is 4.67. The zero-order valence-corrected chi connectivity index (χ0v) is 13.8. The Hall–Kier alpha value is -1.62. The van der Waals surface area contributed by atoms with E-state index in [4.69, 9.17) is 4.43 Å². The van der Waals surface area contributed by atoms with Crippen molar-refractivity contribution in [3.63, 3.8) is 0 Å². The molecule has 0 N–H and O–H groups in total. The smallest absolute Gasteiger partial charge is 0.272 e. The summed E-state index contributed by atoms with van der Waals surface area (Å²) in [5.41, 5.74) is 0.858. The fourth-order valence-corrected chi connectivity index (χ4v) is 2.22. The lowest BCUT2D eigenvalue weighted by atomic mass is 10.1. The number of hydrogen-bond acceptors (Lipinski definition) is 3. The number of para-hydroxylation sites is 1. The third-order valence-electron chi connectivity index (χ3n) is 3.79. The molecule has 0 aliphatic heterocycles. The Morgan fingerprint density at radius 3 is 2.45 bits per heavy atom. The molecule has 0 aromatic heterocycles. The Labute approximate surface area is 121 Å². The second-order valence-corrected chi connectivity index (χ2v) is 11.1. The highest BCUT2D eigenvalue weighted by molar-refractivity contribution is 6.74. The molecule has 0 aliphatic rings. The molecule has 0 radical (unpaired) electrons. The van der Waals surface area contributed by atoms with Crippen LogP contribution in [0.5, 0.6) is 0 Å². The van der Waals surface area contributed by atoms with Crippen LogP contribution in [0, 0.1) is 10.1 Å². The van der Waals surface area contributed by atoms with Gasteiger partial charge in [0.25, 0.3) is 5.69 Å². The minimum absolute atomic E-state index is 0.149. The van der Waals surface area contributed by atoms with Crippen LogP contribution in [0.3, 0.4) is 0 Å². The van der Waals surface area contributed by atoms with Gasteiger partial charge in [0.15, 0.2) is 0 Å². The van der Waals surface area contributed by atoms with Crippen molar-refractivity contribution in [1.82, 2.24) is 0 Å². The highest BCUT2D eigenvalue weighted by atomic mass is 28.4. The van der Waals surface area contributed by atoms with E-state index in [1.54, 1.807) is 18.4 Å². The summed E-state index contributed by atoms with van der Waals surface area (Å²) in [5, 5.41) is 11.1. The Morgan fingerprint density at radius 1 is 1.30 bits per heavy atom. The molecule has 0 saturated carbocycles. The lowest BCUT2D eigenvalue weighted by molar-refractivity contribution is -0.385. The van der Waals surface area contributed by atoms with Gasteiger partial charge in [0.05, 0.1) is 11.2 Å². The number of nitro benzene ring substituents is 1. The van der Waals surface area contributed by atoms with E-state index in [2.05, 4.69) is 33.9 Å². The first kappa shape index (κ1) is 16.4. The third kappa shape index (κ3) is 4.20. The quantitative estimate of drug-likeness (QED) is 0.343. The molecule has 0 saturated heterocycles. The number of nitrogens with zero attached hydrogens (tertiary/aromatic N) is 1. The van der Waals surface area contributed by atoms with Crippen LogP contribution in [0.2, 0.25) is 18.1 Å². The van der Waals surface area contributed by atoms with Crippen molar-refractivity contribution in [1.29, 1.82) is 0 Å². The molecule has 0 spiro atoms. The van der Waals surface area contributed by atoms with E-state index in [9.17, 15) is 10.1 Å². The van der Waals surface area contributed by atoms with Crippen molar-refractivity contribution in [2.24, 2.45) is 0 Å². The van der Waals surface area contributed by atoms with Gasteiger partial charge in [-0.05, 0) is 24.2 Å². The van der Waals surface area contributed by atoms with Crippen molar-refractivity contribution in [2.45, 2.75) is 45.3 Å². The molecule has 0 bridgehead atoms. The van der Waals surface area contributed by atoms with Crippen molar-refractivity contribution in [3.8, 4) is 0 Å². The van der Waals surface area contributed by atoms with E-state index in [-0.39, 0.29) is 15.6 Å². The van der Waals surface area contributed by atoms with Gasteiger partial charge in [-0.1, -0.05) is 39.0 Å². The summed E-state index contributed by atoms with van der Waals surface area (Å²) in [7, 11) is -1.80. The van der Waals surface area contributed by atoms with E-state index in [0.29, 0.717) is 12.0 Å². The zero-order chi connectivity index (χ0) is 15.4. The molecule has 0 unspecified atom stereocenters. The molecule has 0 fully saturated rings. The molecule has 0 heterocycles. The van der Waals surface area contributed by atoms with Gasteiger partial charge in [-0.2, -0.15) is 0 Å². The van der Waals surface area contributed by atoms with Crippen molar-refractivity contribution in [3.05, 3.63) is 52.3 Å². The van der Waals surface area contributed by atoms with Gasteiger partial charge in [-0.25, -0.2) is 0 Å². The zero-order valence-electron chi connectivity index (χ0n) is 12.8. The van der Waals surface area contributed by atoms with Crippen LogP contribution in [0.25, 0.3) is 0 Å². The average molecular weight is 293 g/mol. The molecule has 0 amide bonds. The summed E-state index contributed by atoms with van der Waals surface area (Å²) in [6.07, 6.45) is 4.06. The molecule has 1 rings (SSSR count). The maximum atomic E-state index is 10.9. The number of benzene rings is 1. The average Bonchev–Trinajstić information content (AvgIpc) is 2.33. The maximum Gasteiger partial charge on any atom is 0.272 e. The highest BCUT2D eigenvalue weighted by Gasteiger charge is 2.37. The lowest BCUT2D eigenvalue weighted by Crippen LogP contribution is -2.39. The summed E-state index contributed by atoms with van der Waals surface area (Å²) < 4.78 is 5.90. The fourth-order valence-electron chi connectivity index (χ4n) is 1.43. The van der Waals surface area contributed by atoms with Crippen molar-refractivity contribution >= 4 is 14.0 Å². The van der Waals surface area contributed by atoms with Gasteiger partial charge in [-0.15, -0.1) is 0 Å². The molecule has 1 aromatic rings. The molecular formula is C15H23NO3Si. The van der Waals surface area contributed by atoms with E-state index >= 15 is 0 Å². The van der Waals surface area contributed by atoms with E-state index in [0.717, 1.165) is 0 Å². The molecule has 0 aliphatic carbocycles. The number of rotatable bonds is 5. The summed E-state index contributed by atoms with van der Waals surface area (Å²) >= 11 is 0. The predicted molar refractivity (Wildman–Crippen MR) is 84.2 cm³/mol. The molecular weight excluding hydrogens is 270 g/mol. The Kier molecular flexibility index (Phi) is 5.11. The lowest BCUT2D eigenvalue weighted by Gasteiger charge is -2.34. The topological polar surface area (TPSA) is 52.4 Å². The number of allylic oxidation sites excluding steroid dienone is 1. The van der Waals surface area contributed by atoms with E-state index in [1.807, 2.05) is 12.1 Å². The molecule has 0 atom stereocenters. The van der Waals surface area contributed by atoms with Crippen LogP contribution in [0.4, 0.5) is 5.69 Å². The minimum atomic E-state index is -1.80. The van der Waals surface area contributed by atoms with Gasteiger partial charge in [0.1, 0.15) is 0 Å². The normalized spacial score (nSPS) is 12.7. The van der Waals surface area contributed by atoms with Crippen LogP contribution in [0.15, 0.2) is 36.6 Å². The van der Waals surface area contributed by atoms with Crippen LogP contribution < -0.4 is 0 Å². The van der Waals surface area contributed by atoms with E-state index < -0.39 is 8.32 Å². The first-order chi connectivity index (χ1) is 9.15. The Morgan fingerprint density at radius 2 is 1.90 bits per heavy atom. The molecule has 20 heavy (non-hydrogen) atoms. The second kappa shape index (κ2) is 6.22. The SMILES string of the molecule is CC(C)(C)[Si](C)(C)OC=CCc1ccccc1[N+](=O)[O-]. The fraction of sp³-hybridized carbons (Fsp3) is 0.467. The van der Waals surface area contributed by atoms with Gasteiger partial charge in [0, 0.05) is 18.1 Å².